The second kappa shape index (κ2) is 23.0. The molecule has 1 heterocycles. The zero-order chi connectivity index (χ0) is 48.8. The lowest BCUT2D eigenvalue weighted by Crippen LogP contribution is -2.43. The van der Waals surface area contributed by atoms with Gasteiger partial charge in [-0.3, -0.25) is 0 Å². The molecular formula is C54H56F3N3O6S. The summed E-state index contributed by atoms with van der Waals surface area (Å²) in [4.78, 5) is 17.2. The summed E-state index contributed by atoms with van der Waals surface area (Å²) in [7, 11) is 0. The second-order valence-electron chi connectivity index (χ2n) is 17.8. The van der Waals surface area contributed by atoms with E-state index in [-0.39, 0.29) is 55.3 Å². The van der Waals surface area contributed by atoms with Crippen LogP contribution in [0.15, 0.2) is 147 Å². The van der Waals surface area contributed by atoms with E-state index in [1.807, 2.05) is 41.3 Å². The van der Waals surface area contributed by atoms with Gasteiger partial charge < -0.3 is 29.3 Å². The molecule has 0 bridgehead atoms. The Bertz CT molecular complexity index is 2530. The standard InChI is InChI=1S/C54H56F3N3O6S/c1-7-31-64-32-33-65-50(63)46(37-59)48-45(36-58)47(53(66-48,54(55,56)57)42-14-9-8-10-15-42)16-12-11-13-39-34-52(5,6)35-40(49(39)67-44-25-21-41(22-26-44)51(2,3)4)20-17-38-18-23-43(24-19-38)60(27-29-61)28-30-62/h1,8-26,39,61-62H,27-35H2,2-6H3/b13-11+,16-12+,20-17+,48-46-. The maximum atomic E-state index is 15.7. The highest BCUT2D eigenvalue weighted by Gasteiger charge is 2.65. The van der Waals surface area contributed by atoms with Crippen molar-refractivity contribution < 1.29 is 42.4 Å². The number of nitriles is 2. The number of rotatable bonds is 18. The van der Waals surface area contributed by atoms with Crippen LogP contribution in [0.25, 0.3) is 6.08 Å². The van der Waals surface area contributed by atoms with Crippen LogP contribution in [0.1, 0.15) is 64.2 Å². The summed E-state index contributed by atoms with van der Waals surface area (Å²) in [5.41, 5.74) is -1.92. The Labute approximate surface area is 396 Å². The lowest BCUT2D eigenvalue weighted by molar-refractivity contribution is -0.249. The van der Waals surface area contributed by atoms with Crippen LogP contribution in [0.5, 0.6) is 0 Å². The molecule has 0 amide bonds. The van der Waals surface area contributed by atoms with E-state index in [4.69, 9.17) is 20.6 Å². The van der Waals surface area contributed by atoms with Gasteiger partial charge in [0.1, 0.15) is 30.9 Å². The summed E-state index contributed by atoms with van der Waals surface area (Å²) in [6.07, 6.45) is 11.8. The minimum atomic E-state index is -5.18. The number of halogens is 3. The van der Waals surface area contributed by atoms with Crippen LogP contribution in [-0.2, 0) is 30.0 Å². The number of esters is 1. The van der Waals surface area contributed by atoms with Gasteiger partial charge in [-0.2, -0.15) is 23.7 Å². The van der Waals surface area contributed by atoms with E-state index in [1.165, 1.54) is 42.0 Å². The third-order valence-corrected chi connectivity index (χ3v) is 12.5. The van der Waals surface area contributed by atoms with Crippen LogP contribution in [0.3, 0.4) is 0 Å². The Morgan fingerprint density at radius 1 is 0.940 bits per heavy atom. The van der Waals surface area contributed by atoms with Crippen LogP contribution < -0.4 is 4.90 Å². The minimum absolute atomic E-state index is 0.0444. The van der Waals surface area contributed by atoms with Crippen LogP contribution in [0.4, 0.5) is 18.9 Å². The van der Waals surface area contributed by atoms with Gasteiger partial charge in [0, 0.05) is 40.7 Å². The van der Waals surface area contributed by atoms with Gasteiger partial charge in [0.2, 0.25) is 0 Å². The quantitative estimate of drug-likeness (QED) is 0.0317. The summed E-state index contributed by atoms with van der Waals surface area (Å²) < 4.78 is 63.0. The largest absolute Gasteiger partial charge is 0.465 e. The molecule has 350 valence electrons. The van der Waals surface area contributed by atoms with Gasteiger partial charge in [0.15, 0.2) is 11.3 Å². The predicted molar refractivity (Wildman–Crippen MR) is 256 cm³/mol. The third kappa shape index (κ3) is 12.8. The number of nitrogens with zero attached hydrogens (tertiary/aromatic N) is 3. The average Bonchev–Trinajstić information content (AvgIpc) is 3.63. The molecule has 3 aromatic rings. The number of carbonyl (C=O) groups is 1. The lowest BCUT2D eigenvalue weighted by atomic mass is 9.72. The number of hydrogen-bond donors (Lipinski definition) is 2. The maximum absolute atomic E-state index is 15.7. The van der Waals surface area contributed by atoms with Crippen molar-refractivity contribution in [2.75, 3.05) is 51.0 Å². The number of benzene rings is 3. The topological polar surface area (TPSA) is 136 Å². The number of thioether (sulfide) groups is 1. The van der Waals surface area contributed by atoms with E-state index < -0.39 is 40.2 Å². The Hall–Kier alpha value is -6.27. The predicted octanol–water partition coefficient (Wildman–Crippen LogP) is 10.7. The monoisotopic (exact) mass is 931 g/mol. The highest BCUT2D eigenvalue weighted by molar-refractivity contribution is 8.03. The number of allylic oxidation sites excluding steroid dienone is 7. The molecule has 0 aromatic heterocycles. The summed E-state index contributed by atoms with van der Waals surface area (Å²) >= 11 is 1.64. The molecule has 1 aliphatic carbocycles. The van der Waals surface area contributed by atoms with E-state index in [2.05, 4.69) is 70.9 Å². The second-order valence-corrected chi connectivity index (χ2v) is 18.9. The SMILES string of the molecule is C#CCOCCOC(=O)/C(C#N)=C1\OC(c2ccccc2)(C(F)(F)F)C(/C=C/C=C/C2CC(C)(C)CC(/C=C/c3ccc(N(CCO)CCO)cc3)=C2Sc2ccc(C(C)(C)C)cc2)=C1C#N. The first-order chi connectivity index (χ1) is 31.9. The van der Waals surface area contributed by atoms with Crippen LogP contribution in [0.2, 0.25) is 0 Å². The van der Waals surface area contributed by atoms with Crippen LogP contribution in [0, 0.1) is 46.3 Å². The zero-order valence-electron chi connectivity index (χ0n) is 38.4. The molecule has 0 saturated carbocycles. The third-order valence-electron chi connectivity index (χ3n) is 11.2. The van der Waals surface area contributed by atoms with Crippen molar-refractivity contribution in [2.24, 2.45) is 11.3 Å². The summed E-state index contributed by atoms with van der Waals surface area (Å²) in [6, 6.07) is 26.5. The van der Waals surface area contributed by atoms with E-state index in [1.54, 1.807) is 30.0 Å². The molecule has 1 aliphatic heterocycles. The number of ether oxygens (including phenoxy) is 3. The molecule has 2 N–H and O–H groups in total. The van der Waals surface area contributed by atoms with Crippen molar-refractivity contribution in [2.45, 2.75) is 69.5 Å². The number of aliphatic hydroxyl groups excluding tert-OH is 2. The molecule has 67 heavy (non-hydrogen) atoms. The van der Waals surface area contributed by atoms with Gasteiger partial charge in [-0.15, -0.1) is 6.42 Å². The molecule has 0 radical (unpaired) electrons. The Balaban J connectivity index is 1.60. The Morgan fingerprint density at radius 3 is 2.19 bits per heavy atom. The summed E-state index contributed by atoms with van der Waals surface area (Å²) in [6.45, 7) is 10.9. The number of aliphatic hydroxyl groups is 2. The molecule has 2 atom stereocenters. The smallest absolute Gasteiger partial charge is 0.437 e. The molecular weight excluding hydrogens is 876 g/mol. The van der Waals surface area contributed by atoms with Crippen LogP contribution in [-0.4, -0.2) is 68.5 Å². The first-order valence-corrected chi connectivity index (χ1v) is 22.6. The fourth-order valence-electron chi connectivity index (χ4n) is 8.04. The minimum Gasteiger partial charge on any atom is -0.465 e. The van der Waals surface area contributed by atoms with Crippen molar-refractivity contribution in [3.63, 3.8) is 0 Å². The van der Waals surface area contributed by atoms with Gasteiger partial charge in [-0.05, 0) is 69.5 Å². The van der Waals surface area contributed by atoms with Crippen molar-refractivity contribution in [1.29, 1.82) is 10.5 Å². The van der Waals surface area contributed by atoms with Gasteiger partial charge in [0.05, 0.1) is 19.8 Å². The summed E-state index contributed by atoms with van der Waals surface area (Å²) in [5, 5.41) is 39.6. The van der Waals surface area contributed by atoms with Gasteiger partial charge in [-0.1, -0.05) is 143 Å². The molecule has 2 unspecified atom stereocenters. The van der Waals surface area contributed by atoms with Gasteiger partial charge in [0.25, 0.3) is 5.60 Å². The van der Waals surface area contributed by atoms with Crippen molar-refractivity contribution in [3.05, 3.63) is 159 Å². The number of anilines is 1. The normalized spacial score (nSPS) is 19.4. The first-order valence-electron chi connectivity index (χ1n) is 21.8. The lowest BCUT2D eigenvalue weighted by Gasteiger charge is -2.37. The molecule has 3 aromatic carbocycles. The van der Waals surface area contributed by atoms with Gasteiger partial charge in [-0.25, -0.2) is 4.79 Å². The Kier molecular flexibility index (Phi) is 17.7. The highest BCUT2D eigenvalue weighted by Crippen LogP contribution is 2.56. The van der Waals surface area contributed by atoms with Crippen molar-refractivity contribution in [1.82, 2.24) is 0 Å². The number of alkyl halides is 3. The number of terminal acetylenes is 1. The summed E-state index contributed by atoms with van der Waals surface area (Å²) in [5.74, 6) is -0.0732. The number of hydrogen-bond acceptors (Lipinski definition) is 10. The fraction of sp³-hybridized carbons (Fsp3) is 0.352. The molecule has 2 aliphatic rings. The van der Waals surface area contributed by atoms with E-state index in [0.717, 1.165) is 45.5 Å². The van der Waals surface area contributed by atoms with Crippen molar-refractivity contribution in [3.8, 4) is 24.5 Å². The van der Waals surface area contributed by atoms with E-state index >= 15 is 13.2 Å². The zero-order valence-corrected chi connectivity index (χ0v) is 39.2. The van der Waals surface area contributed by atoms with Crippen molar-refractivity contribution >= 4 is 29.5 Å². The van der Waals surface area contributed by atoms with Gasteiger partial charge >= 0.3 is 12.1 Å². The van der Waals surface area contributed by atoms with E-state index in [9.17, 15) is 25.5 Å². The maximum Gasteiger partial charge on any atom is 0.437 e. The molecule has 0 saturated heterocycles. The first kappa shape index (κ1) is 51.7. The van der Waals surface area contributed by atoms with E-state index in [0.29, 0.717) is 13.1 Å². The number of carbonyl (C=O) groups excluding carboxylic acids is 1. The highest BCUT2D eigenvalue weighted by atomic mass is 32.2. The molecule has 9 nitrogen and oxygen atoms in total. The van der Waals surface area contributed by atoms with Crippen LogP contribution >= 0.6 is 11.8 Å². The fourth-order valence-corrected chi connectivity index (χ4v) is 9.15. The molecule has 0 fully saturated rings. The molecule has 13 heteroatoms. The molecule has 5 rings (SSSR count). The average molecular weight is 932 g/mol. The molecule has 0 spiro atoms. The Morgan fingerprint density at radius 2 is 1.61 bits per heavy atom.